The summed E-state index contributed by atoms with van der Waals surface area (Å²) in [4.78, 5) is 22.7. The summed E-state index contributed by atoms with van der Waals surface area (Å²) in [6.45, 7) is 4.45. The minimum absolute atomic E-state index is 0.217. The van der Waals surface area contributed by atoms with Crippen LogP contribution in [-0.4, -0.2) is 43.3 Å². The summed E-state index contributed by atoms with van der Waals surface area (Å²) in [6.07, 6.45) is 0.0871. The molecule has 0 aliphatic heterocycles. The maximum Gasteiger partial charge on any atom is 0.335 e. The van der Waals surface area contributed by atoms with Crippen molar-refractivity contribution in [3.63, 3.8) is 0 Å². The SMILES string of the molecule is COCCCNC(=O)C(C)Oc1ccc(C(=O)O)c(C)c1. The summed E-state index contributed by atoms with van der Waals surface area (Å²) in [7, 11) is 1.61. The van der Waals surface area contributed by atoms with Gasteiger partial charge in [0.15, 0.2) is 6.10 Å². The van der Waals surface area contributed by atoms with Gasteiger partial charge in [-0.25, -0.2) is 4.79 Å². The van der Waals surface area contributed by atoms with Crippen molar-refractivity contribution in [1.29, 1.82) is 0 Å². The van der Waals surface area contributed by atoms with E-state index in [0.717, 1.165) is 6.42 Å². The topological polar surface area (TPSA) is 84.9 Å². The average molecular weight is 295 g/mol. The summed E-state index contributed by atoms with van der Waals surface area (Å²) in [5.74, 6) is -0.730. The van der Waals surface area contributed by atoms with E-state index in [1.54, 1.807) is 33.1 Å². The number of carboxylic acid groups (broad SMARTS) is 1. The number of hydrogen-bond donors (Lipinski definition) is 2. The third-order valence-electron chi connectivity index (χ3n) is 2.93. The fourth-order valence-corrected chi connectivity index (χ4v) is 1.78. The number of carbonyl (C=O) groups is 2. The van der Waals surface area contributed by atoms with Gasteiger partial charge in [-0.2, -0.15) is 0 Å². The quantitative estimate of drug-likeness (QED) is 0.712. The number of carbonyl (C=O) groups excluding carboxylic acids is 1. The highest BCUT2D eigenvalue weighted by Crippen LogP contribution is 2.18. The first-order valence-corrected chi connectivity index (χ1v) is 6.73. The van der Waals surface area contributed by atoms with Crippen LogP contribution in [0, 0.1) is 6.92 Å². The van der Waals surface area contributed by atoms with Crippen molar-refractivity contribution in [2.24, 2.45) is 0 Å². The van der Waals surface area contributed by atoms with E-state index in [0.29, 0.717) is 24.5 Å². The van der Waals surface area contributed by atoms with Crippen LogP contribution in [0.4, 0.5) is 0 Å². The van der Waals surface area contributed by atoms with E-state index in [2.05, 4.69) is 5.32 Å². The lowest BCUT2D eigenvalue weighted by molar-refractivity contribution is -0.127. The summed E-state index contributed by atoms with van der Waals surface area (Å²) in [5, 5.41) is 11.7. The first-order chi connectivity index (χ1) is 9.95. The number of carboxylic acids is 1. The van der Waals surface area contributed by atoms with E-state index in [1.165, 1.54) is 6.07 Å². The molecule has 0 bridgehead atoms. The normalized spacial score (nSPS) is 11.8. The molecule has 0 heterocycles. The van der Waals surface area contributed by atoms with Crippen molar-refractivity contribution in [2.75, 3.05) is 20.3 Å². The van der Waals surface area contributed by atoms with Gasteiger partial charge in [0, 0.05) is 20.3 Å². The highest BCUT2D eigenvalue weighted by Gasteiger charge is 2.15. The molecular weight excluding hydrogens is 274 g/mol. The predicted molar refractivity (Wildman–Crippen MR) is 77.7 cm³/mol. The lowest BCUT2D eigenvalue weighted by Gasteiger charge is -2.15. The maximum absolute atomic E-state index is 11.8. The number of aryl methyl sites for hydroxylation is 1. The van der Waals surface area contributed by atoms with Gasteiger partial charge in [-0.1, -0.05) is 0 Å². The van der Waals surface area contributed by atoms with Crippen molar-refractivity contribution in [3.8, 4) is 5.75 Å². The zero-order chi connectivity index (χ0) is 15.8. The predicted octanol–water partition coefficient (Wildman–Crippen LogP) is 1.61. The second-order valence-electron chi connectivity index (χ2n) is 4.68. The maximum atomic E-state index is 11.8. The average Bonchev–Trinajstić information content (AvgIpc) is 2.43. The fourth-order valence-electron chi connectivity index (χ4n) is 1.78. The highest BCUT2D eigenvalue weighted by molar-refractivity contribution is 5.89. The lowest BCUT2D eigenvalue weighted by Crippen LogP contribution is -2.37. The second kappa shape index (κ2) is 8.26. The van der Waals surface area contributed by atoms with Crippen LogP contribution in [0.15, 0.2) is 18.2 Å². The van der Waals surface area contributed by atoms with Crippen LogP contribution in [0.1, 0.15) is 29.3 Å². The molecule has 0 fully saturated rings. The van der Waals surface area contributed by atoms with Crippen LogP contribution in [0.3, 0.4) is 0 Å². The molecule has 1 amide bonds. The van der Waals surface area contributed by atoms with E-state index in [4.69, 9.17) is 14.6 Å². The van der Waals surface area contributed by atoms with Gasteiger partial charge >= 0.3 is 5.97 Å². The molecule has 6 heteroatoms. The summed E-state index contributed by atoms with van der Waals surface area (Å²) < 4.78 is 10.4. The van der Waals surface area contributed by atoms with Crippen LogP contribution < -0.4 is 10.1 Å². The largest absolute Gasteiger partial charge is 0.481 e. The van der Waals surface area contributed by atoms with Gasteiger partial charge in [-0.15, -0.1) is 0 Å². The Kier molecular flexibility index (Phi) is 6.68. The number of ether oxygens (including phenoxy) is 2. The van der Waals surface area contributed by atoms with Crippen molar-refractivity contribution >= 4 is 11.9 Å². The molecule has 0 aromatic heterocycles. The molecule has 1 aromatic carbocycles. The highest BCUT2D eigenvalue weighted by atomic mass is 16.5. The number of nitrogens with one attached hydrogen (secondary N) is 1. The molecule has 6 nitrogen and oxygen atoms in total. The molecule has 21 heavy (non-hydrogen) atoms. The standard InChI is InChI=1S/C15H21NO5/c1-10-9-12(5-6-13(10)15(18)19)21-11(2)14(17)16-7-4-8-20-3/h5-6,9,11H,4,7-8H2,1-3H3,(H,16,17)(H,18,19). The zero-order valence-electron chi connectivity index (χ0n) is 12.5. The third kappa shape index (κ3) is 5.43. The van der Waals surface area contributed by atoms with E-state index in [-0.39, 0.29) is 11.5 Å². The molecule has 0 saturated heterocycles. The molecule has 0 radical (unpaired) electrons. The number of benzene rings is 1. The molecule has 0 aliphatic carbocycles. The monoisotopic (exact) mass is 295 g/mol. The molecule has 1 unspecified atom stereocenters. The van der Waals surface area contributed by atoms with Gasteiger partial charge < -0.3 is 19.9 Å². The van der Waals surface area contributed by atoms with E-state index < -0.39 is 12.1 Å². The van der Waals surface area contributed by atoms with Crippen LogP contribution >= 0.6 is 0 Å². The van der Waals surface area contributed by atoms with Gasteiger partial charge in [0.25, 0.3) is 5.91 Å². The Morgan fingerprint density at radius 1 is 1.38 bits per heavy atom. The van der Waals surface area contributed by atoms with Gasteiger partial charge in [-0.05, 0) is 44.0 Å². The first-order valence-electron chi connectivity index (χ1n) is 6.73. The Bertz CT molecular complexity index is 501. The molecule has 1 rings (SSSR count). The van der Waals surface area contributed by atoms with Gasteiger partial charge in [-0.3, -0.25) is 4.79 Å². The van der Waals surface area contributed by atoms with E-state index >= 15 is 0 Å². The van der Waals surface area contributed by atoms with Crippen LogP contribution in [0.2, 0.25) is 0 Å². The Labute approximate surface area is 124 Å². The minimum atomic E-state index is -0.983. The Morgan fingerprint density at radius 3 is 2.67 bits per heavy atom. The first kappa shape index (κ1) is 17.0. The molecule has 0 spiro atoms. The molecule has 116 valence electrons. The third-order valence-corrected chi connectivity index (χ3v) is 2.93. The van der Waals surface area contributed by atoms with Gasteiger partial charge in [0.2, 0.25) is 0 Å². The van der Waals surface area contributed by atoms with Crippen LogP contribution in [-0.2, 0) is 9.53 Å². The van der Waals surface area contributed by atoms with E-state index in [9.17, 15) is 9.59 Å². The number of aromatic carboxylic acids is 1. The van der Waals surface area contributed by atoms with Gasteiger partial charge in [0.1, 0.15) is 5.75 Å². The molecule has 0 aliphatic rings. The lowest BCUT2D eigenvalue weighted by atomic mass is 10.1. The van der Waals surface area contributed by atoms with E-state index in [1.807, 2.05) is 0 Å². The smallest absolute Gasteiger partial charge is 0.335 e. The second-order valence-corrected chi connectivity index (χ2v) is 4.68. The van der Waals surface area contributed by atoms with Crippen molar-refractivity contribution < 1.29 is 24.2 Å². The summed E-state index contributed by atoms with van der Waals surface area (Å²) in [6, 6.07) is 4.62. The van der Waals surface area contributed by atoms with Crippen molar-refractivity contribution in [1.82, 2.24) is 5.32 Å². The number of amides is 1. The Balaban J connectivity index is 2.54. The molecule has 0 saturated carbocycles. The van der Waals surface area contributed by atoms with Crippen molar-refractivity contribution in [2.45, 2.75) is 26.4 Å². The number of hydrogen-bond acceptors (Lipinski definition) is 4. The van der Waals surface area contributed by atoms with Gasteiger partial charge in [0.05, 0.1) is 5.56 Å². The summed E-state index contributed by atoms with van der Waals surface area (Å²) >= 11 is 0. The molecular formula is C15H21NO5. The summed E-state index contributed by atoms with van der Waals surface area (Å²) in [5.41, 5.74) is 0.812. The molecule has 1 atom stereocenters. The zero-order valence-corrected chi connectivity index (χ0v) is 12.5. The Hall–Kier alpha value is -2.08. The fraction of sp³-hybridized carbons (Fsp3) is 0.467. The van der Waals surface area contributed by atoms with Crippen LogP contribution in [0.25, 0.3) is 0 Å². The minimum Gasteiger partial charge on any atom is -0.481 e. The molecule has 1 aromatic rings. The van der Waals surface area contributed by atoms with Crippen molar-refractivity contribution in [3.05, 3.63) is 29.3 Å². The Morgan fingerprint density at radius 2 is 2.10 bits per heavy atom. The number of methoxy groups -OCH3 is 1. The van der Waals surface area contributed by atoms with Crippen LogP contribution in [0.5, 0.6) is 5.75 Å². The number of rotatable bonds is 8. The molecule has 2 N–H and O–H groups in total.